The van der Waals surface area contributed by atoms with Crippen LogP contribution in [0.25, 0.3) is 42.7 Å². The molecule has 2 aromatic heterocycles. The Labute approximate surface area is 254 Å². The molecule has 3 nitrogen and oxygen atoms in total. The van der Waals surface area contributed by atoms with Gasteiger partial charge in [0.2, 0.25) is 0 Å². The van der Waals surface area contributed by atoms with Crippen molar-refractivity contribution in [1.82, 2.24) is 4.98 Å². The predicted octanol–water partition coefficient (Wildman–Crippen LogP) is 9.46. The summed E-state index contributed by atoms with van der Waals surface area (Å²) in [7, 11) is 0. The number of benzene rings is 3. The molecule has 1 radical (unpaired) electrons. The Morgan fingerprint density at radius 3 is 2.48 bits per heavy atom. The first-order valence-electron chi connectivity index (χ1n) is 13.4. The van der Waals surface area contributed by atoms with Crippen molar-refractivity contribution >= 4 is 38.1 Å². The van der Waals surface area contributed by atoms with Gasteiger partial charge in [0.05, 0.1) is 11.3 Å². The van der Waals surface area contributed by atoms with Crippen LogP contribution in [0.4, 0.5) is 0 Å². The molecule has 0 saturated heterocycles. The molecule has 5 heteroatoms. The summed E-state index contributed by atoms with van der Waals surface area (Å²) in [6, 6.07) is 27.8. The maximum atomic E-state index is 10.0. The Bertz CT molecular complexity index is 1740. The summed E-state index contributed by atoms with van der Waals surface area (Å²) >= 11 is 1.91. The summed E-state index contributed by atoms with van der Waals surface area (Å²) < 4.78 is 1.37. The number of carbonyl (C=O) groups is 1. The zero-order valence-electron chi connectivity index (χ0n) is 23.8. The molecular weight excluding hydrogens is 691 g/mol. The Kier molecular flexibility index (Phi) is 8.80. The smallest absolute Gasteiger partial charge is 0.155 e. The minimum atomic E-state index is -0.125. The predicted molar refractivity (Wildman–Crippen MR) is 165 cm³/mol. The minimum Gasteiger partial charge on any atom is -0.512 e. The number of pyridine rings is 1. The molecule has 1 aliphatic rings. The second-order valence-corrected chi connectivity index (χ2v) is 12.3. The summed E-state index contributed by atoms with van der Waals surface area (Å²) in [6.07, 6.45) is 2.27. The summed E-state index contributed by atoms with van der Waals surface area (Å²) in [5.74, 6) is 0.591. The van der Waals surface area contributed by atoms with Gasteiger partial charge in [-0.15, -0.1) is 40.7 Å². The molecule has 0 saturated carbocycles. The molecule has 6 rings (SSSR count). The number of nitrogens with zero attached hydrogens (tertiary/aromatic N) is 1. The van der Waals surface area contributed by atoms with E-state index >= 15 is 0 Å². The van der Waals surface area contributed by atoms with Crippen LogP contribution in [-0.4, -0.2) is 15.9 Å². The maximum absolute atomic E-state index is 10.0. The van der Waals surface area contributed by atoms with Gasteiger partial charge in [0.1, 0.15) is 0 Å². The summed E-state index contributed by atoms with van der Waals surface area (Å²) in [5.41, 5.74) is 8.64. The van der Waals surface area contributed by atoms with Crippen LogP contribution < -0.4 is 0 Å². The van der Waals surface area contributed by atoms with Crippen molar-refractivity contribution in [2.75, 3.05) is 0 Å². The van der Waals surface area contributed by atoms with E-state index in [-0.39, 0.29) is 37.1 Å². The van der Waals surface area contributed by atoms with E-state index in [4.69, 9.17) is 10.1 Å². The number of fused-ring (bicyclic) bond motifs is 6. The SMILES string of the molecule is CC(=O)/C=C(/C)O.CC(C)Cc1ccc2nc(-c3[c-]ccc4c3C(C)(C)c3c-4sc4ccccc34)ccc2c1.[Ir]. The summed E-state index contributed by atoms with van der Waals surface area (Å²) in [6.45, 7) is 12.1. The van der Waals surface area contributed by atoms with Gasteiger partial charge in [0.15, 0.2) is 5.78 Å². The van der Waals surface area contributed by atoms with Gasteiger partial charge in [-0.2, -0.15) is 0 Å². The van der Waals surface area contributed by atoms with E-state index in [1.54, 1.807) is 0 Å². The number of ketones is 1. The molecule has 0 aliphatic heterocycles. The van der Waals surface area contributed by atoms with Gasteiger partial charge in [-0.3, -0.25) is 9.78 Å². The average Bonchev–Trinajstić information content (AvgIpc) is 3.37. The number of aliphatic hydroxyl groups is 1. The molecule has 1 N–H and O–H groups in total. The third-order valence-corrected chi connectivity index (χ3v) is 8.36. The van der Waals surface area contributed by atoms with Crippen molar-refractivity contribution < 1.29 is 30.0 Å². The van der Waals surface area contributed by atoms with Gasteiger partial charge in [-0.25, -0.2) is 0 Å². The second kappa shape index (κ2) is 11.8. The fourth-order valence-corrected chi connectivity index (χ4v) is 7.12. The summed E-state index contributed by atoms with van der Waals surface area (Å²) in [5, 5.41) is 11.0. The third-order valence-electron chi connectivity index (χ3n) is 7.15. The largest absolute Gasteiger partial charge is 0.512 e. The molecule has 5 aromatic rings. The zero-order chi connectivity index (χ0) is 27.9. The van der Waals surface area contributed by atoms with Gasteiger partial charge in [0.25, 0.3) is 0 Å². The fourth-order valence-electron chi connectivity index (χ4n) is 5.73. The first kappa shape index (κ1) is 29.9. The molecule has 0 unspecified atom stereocenters. The molecule has 0 atom stereocenters. The van der Waals surface area contributed by atoms with E-state index in [1.165, 1.54) is 62.5 Å². The number of aliphatic hydroxyl groups excluding tert-OH is 1. The van der Waals surface area contributed by atoms with Crippen LogP contribution in [-0.2, 0) is 36.7 Å². The Morgan fingerprint density at radius 1 is 1.05 bits per heavy atom. The Morgan fingerprint density at radius 2 is 1.80 bits per heavy atom. The number of hydrogen-bond donors (Lipinski definition) is 1. The summed E-state index contributed by atoms with van der Waals surface area (Å²) in [4.78, 5) is 16.5. The molecule has 207 valence electrons. The van der Waals surface area contributed by atoms with Crippen LogP contribution in [0.2, 0.25) is 0 Å². The van der Waals surface area contributed by atoms with Crippen molar-refractivity contribution in [3.63, 3.8) is 0 Å². The van der Waals surface area contributed by atoms with Crippen molar-refractivity contribution in [3.05, 3.63) is 101 Å². The van der Waals surface area contributed by atoms with Crippen LogP contribution in [0.5, 0.6) is 0 Å². The number of thiophene rings is 1. The zero-order valence-corrected chi connectivity index (χ0v) is 27.0. The van der Waals surface area contributed by atoms with Crippen LogP contribution in [0.3, 0.4) is 0 Å². The van der Waals surface area contributed by atoms with Gasteiger partial charge >= 0.3 is 0 Å². The van der Waals surface area contributed by atoms with Crippen LogP contribution in [0, 0.1) is 12.0 Å². The van der Waals surface area contributed by atoms with Crippen LogP contribution in [0.1, 0.15) is 58.2 Å². The monoisotopic (exact) mass is 725 g/mol. The van der Waals surface area contributed by atoms with Gasteiger partial charge in [-0.05, 0) is 77.4 Å². The number of allylic oxidation sites excluding steroid dienone is 2. The van der Waals surface area contributed by atoms with Gasteiger partial charge < -0.3 is 5.11 Å². The van der Waals surface area contributed by atoms with Crippen molar-refractivity contribution in [1.29, 1.82) is 0 Å². The standard InChI is InChI=1S/C30H26NS.C5H8O2.Ir/c1-18(2)16-19-12-14-24-20(17-19)13-15-25(31-24)21-9-7-10-23-27(21)30(3,4)28-22-8-5-6-11-26(22)32-29(23)28;1-4(6)3-5(2)7;/h5-8,10-15,17-18H,16H2,1-4H3;3,6H,1-2H3;/q-1;;/b;4-3-;. The maximum Gasteiger partial charge on any atom is 0.155 e. The fraction of sp³-hybridized carbons (Fsp3) is 0.257. The second-order valence-electron chi connectivity index (χ2n) is 11.3. The topological polar surface area (TPSA) is 50.2 Å². The van der Waals surface area contributed by atoms with Crippen molar-refractivity contribution in [3.8, 4) is 21.7 Å². The van der Waals surface area contributed by atoms with Gasteiger partial charge in [0, 0.05) is 35.8 Å². The molecule has 3 aromatic carbocycles. The normalized spacial score (nSPS) is 13.4. The molecule has 0 spiro atoms. The first-order valence-corrected chi connectivity index (χ1v) is 14.2. The quantitative estimate of drug-likeness (QED) is 0.114. The minimum absolute atomic E-state index is 0. The molecule has 2 heterocycles. The van der Waals surface area contributed by atoms with Gasteiger partial charge in [-0.1, -0.05) is 69.7 Å². The molecular formula is C35H34IrNO2S-. The number of hydrogen-bond acceptors (Lipinski definition) is 4. The number of aromatic nitrogens is 1. The van der Waals surface area contributed by atoms with E-state index in [0.717, 1.165) is 23.2 Å². The molecule has 0 bridgehead atoms. The first-order chi connectivity index (χ1) is 18.6. The number of rotatable bonds is 4. The van der Waals surface area contributed by atoms with Crippen LogP contribution in [0.15, 0.2) is 78.6 Å². The van der Waals surface area contributed by atoms with E-state index in [9.17, 15) is 4.79 Å². The van der Waals surface area contributed by atoms with E-state index in [1.807, 2.05) is 11.3 Å². The third kappa shape index (κ3) is 5.69. The van der Waals surface area contributed by atoms with Crippen molar-refractivity contribution in [2.45, 2.75) is 53.4 Å². The molecule has 0 fully saturated rings. The van der Waals surface area contributed by atoms with Crippen molar-refractivity contribution in [2.24, 2.45) is 5.92 Å². The molecule has 1 aliphatic carbocycles. The van der Waals surface area contributed by atoms with E-state index in [2.05, 4.69) is 100 Å². The average molecular weight is 725 g/mol. The molecule has 0 amide bonds. The van der Waals surface area contributed by atoms with E-state index < -0.39 is 0 Å². The van der Waals surface area contributed by atoms with Crippen LogP contribution >= 0.6 is 11.3 Å². The molecule has 40 heavy (non-hydrogen) atoms. The Balaban J connectivity index is 0.000000413. The number of carbonyl (C=O) groups excluding carboxylic acids is 1. The Hall–Kier alpha value is -3.11. The van der Waals surface area contributed by atoms with E-state index in [0.29, 0.717) is 5.92 Å².